The second-order valence-corrected chi connectivity index (χ2v) is 10.4. The summed E-state index contributed by atoms with van der Waals surface area (Å²) in [6.45, 7) is 7.50. The standard InChI is InChI=1S/C29H34FN3OS/c1-19(20(2)34)32-25-8-7-23(27(30)17-25)15-22-9-12-31-28-16-24(29(35-4)18-26(22)28)6-5-21-10-13-33(3)14-11-21/h7-9,12,16-18,21,32H,1,5-6,10-11,13-15H2,2-4H3. The molecule has 0 saturated carbocycles. The zero-order chi connectivity index (χ0) is 24.9. The molecule has 1 fully saturated rings. The Hall–Kier alpha value is -2.70. The van der Waals surface area contributed by atoms with Crippen molar-refractivity contribution in [2.24, 2.45) is 5.92 Å². The van der Waals surface area contributed by atoms with E-state index in [1.165, 1.54) is 55.8 Å². The van der Waals surface area contributed by atoms with E-state index >= 15 is 0 Å². The first-order valence-corrected chi connectivity index (χ1v) is 13.4. The third-order valence-corrected chi connectivity index (χ3v) is 7.87. The maximum Gasteiger partial charge on any atom is 0.175 e. The quantitative estimate of drug-likeness (QED) is 0.274. The molecule has 3 aromatic rings. The van der Waals surface area contributed by atoms with Crippen LogP contribution in [0.3, 0.4) is 0 Å². The number of aryl methyl sites for hydroxylation is 1. The molecule has 0 aliphatic carbocycles. The first kappa shape index (κ1) is 25.4. The van der Waals surface area contributed by atoms with E-state index in [9.17, 15) is 9.18 Å². The predicted octanol–water partition coefficient (Wildman–Crippen LogP) is 6.48. The second kappa shape index (κ2) is 11.4. The Kier molecular flexibility index (Phi) is 8.24. The number of rotatable bonds is 9. The largest absolute Gasteiger partial charge is 0.353 e. The molecule has 184 valence electrons. The highest BCUT2D eigenvalue weighted by molar-refractivity contribution is 7.98. The number of pyridine rings is 1. The van der Waals surface area contributed by atoms with E-state index < -0.39 is 0 Å². The lowest BCUT2D eigenvalue weighted by Gasteiger charge is -2.29. The smallest absolute Gasteiger partial charge is 0.175 e. The van der Waals surface area contributed by atoms with E-state index in [-0.39, 0.29) is 17.3 Å². The molecule has 1 aliphatic rings. The number of ketones is 1. The number of hydrogen-bond donors (Lipinski definition) is 1. The molecule has 0 amide bonds. The number of carbonyl (C=O) groups is 1. The average Bonchev–Trinajstić information content (AvgIpc) is 2.84. The summed E-state index contributed by atoms with van der Waals surface area (Å²) >= 11 is 1.77. The molecule has 4 nitrogen and oxygen atoms in total. The van der Waals surface area contributed by atoms with Crippen molar-refractivity contribution in [3.63, 3.8) is 0 Å². The Labute approximate surface area is 212 Å². The topological polar surface area (TPSA) is 45.2 Å². The van der Waals surface area contributed by atoms with Crippen LogP contribution in [0, 0.1) is 11.7 Å². The summed E-state index contributed by atoms with van der Waals surface area (Å²) in [6.07, 6.45) is 9.27. The van der Waals surface area contributed by atoms with Crippen molar-refractivity contribution in [1.82, 2.24) is 9.88 Å². The molecular weight excluding hydrogens is 457 g/mol. The molecule has 0 unspecified atom stereocenters. The molecule has 1 saturated heterocycles. The lowest BCUT2D eigenvalue weighted by Crippen LogP contribution is -2.30. The van der Waals surface area contributed by atoms with Gasteiger partial charge in [0.25, 0.3) is 0 Å². The Balaban J connectivity index is 1.54. The van der Waals surface area contributed by atoms with Gasteiger partial charge in [0.15, 0.2) is 5.78 Å². The van der Waals surface area contributed by atoms with Crippen molar-refractivity contribution in [2.45, 2.75) is 43.9 Å². The van der Waals surface area contributed by atoms with Gasteiger partial charge in [-0.25, -0.2) is 4.39 Å². The Morgan fingerprint density at radius 1 is 1.17 bits per heavy atom. The number of likely N-dealkylation sites (tertiary alicyclic amines) is 1. The van der Waals surface area contributed by atoms with Crippen molar-refractivity contribution in [2.75, 3.05) is 31.7 Å². The van der Waals surface area contributed by atoms with Crippen molar-refractivity contribution in [3.8, 4) is 0 Å². The fourth-order valence-electron chi connectivity index (χ4n) is 4.76. The molecule has 6 heteroatoms. The maximum atomic E-state index is 14.9. The molecule has 1 N–H and O–H groups in total. The summed E-state index contributed by atoms with van der Waals surface area (Å²) in [6, 6.07) is 11.4. The highest BCUT2D eigenvalue weighted by Gasteiger charge is 2.18. The minimum Gasteiger partial charge on any atom is -0.353 e. The number of halogens is 1. The summed E-state index contributed by atoms with van der Waals surface area (Å²) in [7, 11) is 2.21. The predicted molar refractivity (Wildman–Crippen MR) is 145 cm³/mol. The van der Waals surface area contributed by atoms with Gasteiger partial charge in [-0.1, -0.05) is 12.6 Å². The number of fused-ring (bicyclic) bond motifs is 1. The summed E-state index contributed by atoms with van der Waals surface area (Å²) in [5, 5.41) is 3.94. The third kappa shape index (κ3) is 6.30. The van der Waals surface area contributed by atoms with Crippen LogP contribution in [-0.2, 0) is 17.6 Å². The summed E-state index contributed by atoms with van der Waals surface area (Å²) in [5.74, 6) is 0.313. The van der Waals surface area contributed by atoms with E-state index in [4.69, 9.17) is 0 Å². The maximum absolute atomic E-state index is 14.9. The molecule has 1 aromatic heterocycles. The SMILES string of the molecule is C=C(Nc1ccc(Cc2ccnc3cc(CCC4CCN(C)CC4)c(SC)cc23)c(F)c1)C(C)=O. The number of benzene rings is 2. The van der Waals surface area contributed by atoms with Gasteiger partial charge in [-0.15, -0.1) is 11.8 Å². The molecule has 0 spiro atoms. The van der Waals surface area contributed by atoms with E-state index in [1.807, 2.05) is 12.3 Å². The fraction of sp³-hybridized carbons (Fsp3) is 0.379. The summed E-state index contributed by atoms with van der Waals surface area (Å²) in [4.78, 5) is 19.8. The number of nitrogens with one attached hydrogen (secondary N) is 1. The Morgan fingerprint density at radius 2 is 1.94 bits per heavy atom. The Morgan fingerprint density at radius 3 is 2.63 bits per heavy atom. The number of aromatic nitrogens is 1. The summed E-state index contributed by atoms with van der Waals surface area (Å²) < 4.78 is 14.9. The first-order valence-electron chi connectivity index (χ1n) is 12.2. The molecular formula is C29H34FN3OS. The highest BCUT2D eigenvalue weighted by Crippen LogP contribution is 2.32. The van der Waals surface area contributed by atoms with Gasteiger partial charge >= 0.3 is 0 Å². The van der Waals surface area contributed by atoms with Gasteiger partial charge < -0.3 is 10.2 Å². The number of piperidine rings is 1. The number of nitrogens with zero attached hydrogens (tertiary/aromatic N) is 2. The average molecular weight is 492 g/mol. The molecule has 0 atom stereocenters. The molecule has 0 bridgehead atoms. The minimum absolute atomic E-state index is 0.173. The first-order chi connectivity index (χ1) is 16.8. The van der Waals surface area contributed by atoms with Crippen LogP contribution in [0.2, 0.25) is 0 Å². The van der Waals surface area contributed by atoms with Crippen LogP contribution in [0.25, 0.3) is 10.9 Å². The fourth-order valence-corrected chi connectivity index (χ4v) is 5.42. The van der Waals surface area contributed by atoms with Crippen molar-refractivity contribution in [3.05, 3.63) is 77.4 Å². The van der Waals surface area contributed by atoms with Crippen molar-refractivity contribution < 1.29 is 9.18 Å². The van der Waals surface area contributed by atoms with Gasteiger partial charge in [0, 0.05) is 35.5 Å². The monoisotopic (exact) mass is 491 g/mol. The molecule has 0 radical (unpaired) electrons. The van der Waals surface area contributed by atoms with E-state index in [0.717, 1.165) is 28.8 Å². The van der Waals surface area contributed by atoms with Crippen LogP contribution >= 0.6 is 11.8 Å². The van der Waals surface area contributed by atoms with Crippen LogP contribution in [0.15, 0.2) is 59.8 Å². The van der Waals surface area contributed by atoms with Crippen LogP contribution in [-0.4, -0.2) is 42.1 Å². The van der Waals surface area contributed by atoms with Gasteiger partial charge in [0.2, 0.25) is 0 Å². The zero-order valence-corrected chi connectivity index (χ0v) is 21.7. The number of allylic oxidation sites excluding steroid dienone is 1. The van der Waals surface area contributed by atoms with E-state index in [1.54, 1.807) is 23.9 Å². The zero-order valence-electron chi connectivity index (χ0n) is 20.9. The van der Waals surface area contributed by atoms with Gasteiger partial charge in [0.1, 0.15) is 5.82 Å². The minimum atomic E-state index is -0.309. The lowest BCUT2D eigenvalue weighted by atomic mass is 9.90. The number of hydrogen-bond acceptors (Lipinski definition) is 5. The van der Waals surface area contributed by atoms with Gasteiger partial charge in [-0.2, -0.15) is 0 Å². The van der Waals surface area contributed by atoms with Crippen molar-refractivity contribution in [1.29, 1.82) is 0 Å². The second-order valence-electron chi connectivity index (χ2n) is 9.58. The van der Waals surface area contributed by atoms with E-state index in [0.29, 0.717) is 17.7 Å². The van der Waals surface area contributed by atoms with Crippen molar-refractivity contribution >= 4 is 34.1 Å². The van der Waals surface area contributed by atoms with E-state index in [2.05, 4.69) is 47.2 Å². The van der Waals surface area contributed by atoms with Crippen LogP contribution in [0.4, 0.5) is 10.1 Å². The normalized spacial score (nSPS) is 14.9. The summed E-state index contributed by atoms with van der Waals surface area (Å²) in [5.41, 5.74) is 4.75. The van der Waals surface area contributed by atoms with Gasteiger partial charge in [-0.3, -0.25) is 9.78 Å². The lowest BCUT2D eigenvalue weighted by molar-refractivity contribution is -0.113. The number of anilines is 1. The Bertz CT molecular complexity index is 1230. The van der Waals surface area contributed by atoms with Crippen LogP contribution < -0.4 is 5.32 Å². The number of Topliss-reactive ketones (excluding diaryl/α,β-unsaturated/α-hetero) is 1. The molecule has 1 aliphatic heterocycles. The number of thioether (sulfide) groups is 1. The molecule has 35 heavy (non-hydrogen) atoms. The number of carbonyl (C=O) groups excluding carboxylic acids is 1. The molecule has 4 rings (SSSR count). The van der Waals surface area contributed by atoms with Gasteiger partial charge in [-0.05, 0) is 105 Å². The van der Waals surface area contributed by atoms with Crippen LogP contribution in [0.5, 0.6) is 0 Å². The van der Waals surface area contributed by atoms with Gasteiger partial charge in [0.05, 0.1) is 11.2 Å². The van der Waals surface area contributed by atoms with Crippen LogP contribution in [0.1, 0.15) is 42.9 Å². The molecule has 2 aromatic carbocycles. The third-order valence-electron chi connectivity index (χ3n) is 7.05. The highest BCUT2D eigenvalue weighted by atomic mass is 32.2. The molecule has 2 heterocycles.